The van der Waals surface area contributed by atoms with Crippen LogP contribution in [0.3, 0.4) is 0 Å². The first-order valence-electron chi connectivity index (χ1n) is 3.67. The fourth-order valence-corrected chi connectivity index (χ4v) is 0.627. The zero-order valence-electron chi connectivity index (χ0n) is 7.13. The van der Waals surface area contributed by atoms with Gasteiger partial charge in [0.2, 0.25) is 0 Å². The molecule has 1 rings (SSSR count). The third-order valence-electron chi connectivity index (χ3n) is 1.12. The SMILES string of the molecule is CC.CCc1nncn1C. The summed E-state index contributed by atoms with van der Waals surface area (Å²) >= 11 is 0. The van der Waals surface area contributed by atoms with Gasteiger partial charge in [-0.3, -0.25) is 0 Å². The van der Waals surface area contributed by atoms with Crippen molar-refractivity contribution in [2.45, 2.75) is 27.2 Å². The molecule has 0 spiro atoms. The molecule has 0 bridgehead atoms. The van der Waals surface area contributed by atoms with Crippen molar-refractivity contribution in [2.75, 3.05) is 0 Å². The van der Waals surface area contributed by atoms with E-state index in [1.807, 2.05) is 25.5 Å². The number of aromatic nitrogens is 3. The van der Waals surface area contributed by atoms with E-state index in [4.69, 9.17) is 0 Å². The average Bonchev–Trinajstić information content (AvgIpc) is 2.39. The van der Waals surface area contributed by atoms with Gasteiger partial charge in [-0.1, -0.05) is 20.8 Å². The van der Waals surface area contributed by atoms with E-state index in [-0.39, 0.29) is 0 Å². The lowest BCUT2D eigenvalue weighted by Gasteiger charge is -1.90. The predicted octanol–water partition coefficient (Wildman–Crippen LogP) is 1.40. The van der Waals surface area contributed by atoms with E-state index in [0.29, 0.717) is 0 Å². The minimum Gasteiger partial charge on any atom is -0.321 e. The third kappa shape index (κ3) is 2.17. The van der Waals surface area contributed by atoms with E-state index in [0.717, 1.165) is 12.2 Å². The van der Waals surface area contributed by atoms with Gasteiger partial charge in [0.15, 0.2) is 0 Å². The second-order valence-electron chi connectivity index (χ2n) is 1.71. The van der Waals surface area contributed by atoms with Crippen molar-refractivity contribution >= 4 is 0 Å². The van der Waals surface area contributed by atoms with Crippen LogP contribution in [0, 0.1) is 0 Å². The minimum atomic E-state index is 0.955. The normalized spacial score (nSPS) is 8.40. The molecule has 10 heavy (non-hydrogen) atoms. The molecule has 0 saturated carbocycles. The van der Waals surface area contributed by atoms with Gasteiger partial charge < -0.3 is 4.57 Å². The molecule has 1 heterocycles. The van der Waals surface area contributed by atoms with Crippen LogP contribution in [-0.4, -0.2) is 14.8 Å². The highest BCUT2D eigenvalue weighted by Crippen LogP contribution is 1.89. The first kappa shape index (κ1) is 9.14. The van der Waals surface area contributed by atoms with E-state index >= 15 is 0 Å². The third-order valence-corrected chi connectivity index (χ3v) is 1.12. The zero-order chi connectivity index (χ0) is 7.98. The Morgan fingerprint density at radius 3 is 2.30 bits per heavy atom. The second-order valence-corrected chi connectivity index (χ2v) is 1.71. The minimum absolute atomic E-state index is 0.955. The fourth-order valence-electron chi connectivity index (χ4n) is 0.627. The number of rotatable bonds is 1. The molecule has 58 valence electrons. The Kier molecular flexibility index (Phi) is 4.54. The van der Waals surface area contributed by atoms with E-state index in [1.54, 1.807) is 6.33 Å². The summed E-state index contributed by atoms with van der Waals surface area (Å²) in [5, 5.41) is 7.55. The Morgan fingerprint density at radius 1 is 1.50 bits per heavy atom. The van der Waals surface area contributed by atoms with Crippen LogP contribution < -0.4 is 0 Å². The van der Waals surface area contributed by atoms with Crippen LogP contribution in [0.2, 0.25) is 0 Å². The Bertz CT molecular complexity index is 169. The molecule has 0 unspecified atom stereocenters. The van der Waals surface area contributed by atoms with Gasteiger partial charge in [0, 0.05) is 13.5 Å². The van der Waals surface area contributed by atoms with Crippen molar-refractivity contribution in [3.05, 3.63) is 12.2 Å². The van der Waals surface area contributed by atoms with Gasteiger partial charge in [-0.05, 0) is 0 Å². The molecule has 0 amide bonds. The van der Waals surface area contributed by atoms with Crippen molar-refractivity contribution in [1.29, 1.82) is 0 Å². The highest BCUT2D eigenvalue weighted by molar-refractivity contribution is 4.81. The van der Waals surface area contributed by atoms with Gasteiger partial charge in [-0.25, -0.2) is 0 Å². The first-order valence-corrected chi connectivity index (χ1v) is 3.67. The Labute approximate surface area is 62.1 Å². The lowest BCUT2D eigenvalue weighted by Crippen LogP contribution is -1.93. The lowest BCUT2D eigenvalue weighted by atomic mass is 10.5. The van der Waals surface area contributed by atoms with E-state index in [9.17, 15) is 0 Å². The van der Waals surface area contributed by atoms with Crippen molar-refractivity contribution in [3.63, 3.8) is 0 Å². The van der Waals surface area contributed by atoms with Gasteiger partial charge in [0.05, 0.1) is 0 Å². The van der Waals surface area contributed by atoms with E-state index < -0.39 is 0 Å². The Hall–Kier alpha value is -0.860. The van der Waals surface area contributed by atoms with Gasteiger partial charge >= 0.3 is 0 Å². The lowest BCUT2D eigenvalue weighted by molar-refractivity contribution is 0.807. The summed E-state index contributed by atoms with van der Waals surface area (Å²) in [4.78, 5) is 0. The molecule has 0 aliphatic carbocycles. The maximum absolute atomic E-state index is 3.85. The van der Waals surface area contributed by atoms with Crippen LogP contribution in [0.5, 0.6) is 0 Å². The average molecular weight is 141 g/mol. The fraction of sp³-hybridized carbons (Fsp3) is 0.714. The standard InChI is InChI=1S/C5H9N3.C2H6/c1-3-5-7-6-4-8(5)2;1-2/h4H,3H2,1-2H3;1-2H3. The van der Waals surface area contributed by atoms with Crippen LogP contribution in [-0.2, 0) is 13.5 Å². The molecule has 0 aliphatic heterocycles. The number of hydrogen-bond donors (Lipinski definition) is 0. The molecule has 0 N–H and O–H groups in total. The van der Waals surface area contributed by atoms with Crippen LogP contribution in [0.15, 0.2) is 6.33 Å². The van der Waals surface area contributed by atoms with Gasteiger partial charge in [-0.2, -0.15) is 0 Å². The topological polar surface area (TPSA) is 30.7 Å². The van der Waals surface area contributed by atoms with Gasteiger partial charge in [0.1, 0.15) is 12.2 Å². The van der Waals surface area contributed by atoms with Crippen LogP contribution in [0.1, 0.15) is 26.6 Å². The van der Waals surface area contributed by atoms with Crippen molar-refractivity contribution in [2.24, 2.45) is 7.05 Å². The maximum atomic E-state index is 3.85. The Balaban J connectivity index is 0.000000371. The summed E-state index contributed by atoms with van der Waals surface area (Å²) < 4.78 is 1.92. The molecule has 3 heteroatoms. The molecular formula is C7H15N3. The molecule has 0 saturated heterocycles. The molecule has 3 nitrogen and oxygen atoms in total. The van der Waals surface area contributed by atoms with Crippen molar-refractivity contribution < 1.29 is 0 Å². The van der Waals surface area contributed by atoms with Crippen LogP contribution in [0.4, 0.5) is 0 Å². The monoisotopic (exact) mass is 141 g/mol. The number of nitrogens with zero attached hydrogens (tertiary/aromatic N) is 3. The maximum Gasteiger partial charge on any atom is 0.132 e. The Morgan fingerprint density at radius 2 is 2.10 bits per heavy atom. The zero-order valence-corrected chi connectivity index (χ0v) is 7.13. The molecule has 1 aromatic rings. The van der Waals surface area contributed by atoms with Crippen LogP contribution >= 0.6 is 0 Å². The van der Waals surface area contributed by atoms with Gasteiger partial charge in [0.25, 0.3) is 0 Å². The van der Waals surface area contributed by atoms with Gasteiger partial charge in [-0.15, -0.1) is 10.2 Å². The highest BCUT2D eigenvalue weighted by atomic mass is 15.2. The summed E-state index contributed by atoms with van der Waals surface area (Å²) in [6.45, 7) is 6.06. The molecular weight excluding hydrogens is 126 g/mol. The molecule has 1 aromatic heterocycles. The summed E-state index contributed by atoms with van der Waals surface area (Å²) in [5.41, 5.74) is 0. The largest absolute Gasteiger partial charge is 0.321 e. The van der Waals surface area contributed by atoms with E-state index in [1.165, 1.54) is 0 Å². The quantitative estimate of drug-likeness (QED) is 0.592. The number of aryl methyl sites for hydroxylation is 2. The smallest absolute Gasteiger partial charge is 0.132 e. The van der Waals surface area contributed by atoms with Crippen molar-refractivity contribution in [1.82, 2.24) is 14.8 Å². The molecule has 0 fully saturated rings. The second kappa shape index (κ2) is 4.97. The van der Waals surface area contributed by atoms with Crippen LogP contribution in [0.25, 0.3) is 0 Å². The first-order chi connectivity index (χ1) is 4.84. The molecule has 0 aromatic carbocycles. The summed E-state index contributed by atoms with van der Waals surface area (Å²) in [7, 11) is 1.94. The summed E-state index contributed by atoms with van der Waals surface area (Å²) in [6.07, 6.45) is 2.66. The number of hydrogen-bond acceptors (Lipinski definition) is 2. The summed E-state index contributed by atoms with van der Waals surface area (Å²) in [6, 6.07) is 0. The molecule has 0 aliphatic rings. The summed E-state index contributed by atoms with van der Waals surface area (Å²) in [5.74, 6) is 1.03. The molecule has 0 atom stereocenters. The molecule has 0 radical (unpaired) electrons. The predicted molar refractivity (Wildman–Crippen MR) is 41.7 cm³/mol. The van der Waals surface area contributed by atoms with E-state index in [2.05, 4.69) is 17.1 Å². The highest BCUT2D eigenvalue weighted by Gasteiger charge is 1.92. The van der Waals surface area contributed by atoms with Crippen molar-refractivity contribution in [3.8, 4) is 0 Å².